The maximum atomic E-state index is 13.8. The van der Waals surface area contributed by atoms with Crippen molar-refractivity contribution in [3.8, 4) is 5.75 Å². The van der Waals surface area contributed by atoms with E-state index < -0.39 is 0 Å². The summed E-state index contributed by atoms with van der Waals surface area (Å²) in [6, 6.07) is 5.14. The van der Waals surface area contributed by atoms with Crippen LogP contribution in [0.5, 0.6) is 5.75 Å². The van der Waals surface area contributed by atoms with Gasteiger partial charge in [0.1, 0.15) is 6.61 Å². The van der Waals surface area contributed by atoms with Crippen molar-refractivity contribution in [2.45, 2.75) is 13.2 Å². The lowest BCUT2D eigenvalue weighted by Gasteiger charge is -2.34. The molecule has 1 saturated heterocycles. The average molecular weight is 352 g/mol. The Labute approximate surface area is 145 Å². The lowest BCUT2D eigenvalue weighted by molar-refractivity contribution is 0.179. The first-order valence-electron chi connectivity index (χ1n) is 7.81. The van der Waals surface area contributed by atoms with Gasteiger partial charge in [-0.15, -0.1) is 0 Å². The molecule has 0 N–H and O–H groups in total. The van der Waals surface area contributed by atoms with Crippen molar-refractivity contribution in [3.63, 3.8) is 0 Å². The van der Waals surface area contributed by atoms with E-state index in [2.05, 4.69) is 19.2 Å². The standard InChI is InChI=1S/C16H21FN4O2S/c1-22-11-15-18-16(24-19-15)21-7-5-20(6-8-21)10-12-3-4-14(23-2)13(17)9-12/h3-4,9H,5-8,10-11H2,1-2H3. The molecular weight excluding hydrogens is 331 g/mol. The minimum atomic E-state index is -0.312. The normalized spacial score (nSPS) is 15.7. The lowest BCUT2D eigenvalue weighted by Crippen LogP contribution is -2.45. The molecule has 1 aromatic carbocycles. The monoisotopic (exact) mass is 352 g/mol. The smallest absolute Gasteiger partial charge is 0.205 e. The Bertz CT molecular complexity index is 674. The van der Waals surface area contributed by atoms with Crippen LogP contribution in [0.3, 0.4) is 0 Å². The third-order valence-corrected chi connectivity index (χ3v) is 4.81. The first-order valence-corrected chi connectivity index (χ1v) is 8.58. The van der Waals surface area contributed by atoms with Crippen LogP contribution in [-0.2, 0) is 17.9 Å². The van der Waals surface area contributed by atoms with Crippen LogP contribution in [-0.4, -0.2) is 54.7 Å². The number of hydrogen-bond donors (Lipinski definition) is 0. The fourth-order valence-corrected chi connectivity index (χ4v) is 3.45. The minimum Gasteiger partial charge on any atom is -0.494 e. The van der Waals surface area contributed by atoms with Crippen molar-refractivity contribution >= 4 is 16.7 Å². The van der Waals surface area contributed by atoms with Crippen LogP contribution in [0.1, 0.15) is 11.4 Å². The fourth-order valence-electron chi connectivity index (χ4n) is 2.72. The van der Waals surface area contributed by atoms with Crippen molar-refractivity contribution in [2.24, 2.45) is 0 Å². The number of hydrogen-bond acceptors (Lipinski definition) is 7. The van der Waals surface area contributed by atoms with E-state index >= 15 is 0 Å². The molecule has 6 nitrogen and oxygen atoms in total. The Balaban J connectivity index is 1.54. The summed E-state index contributed by atoms with van der Waals surface area (Å²) < 4.78 is 28.1. The van der Waals surface area contributed by atoms with Gasteiger partial charge in [0.15, 0.2) is 17.4 Å². The van der Waals surface area contributed by atoms with Gasteiger partial charge in [0.2, 0.25) is 5.13 Å². The second-order valence-corrected chi connectivity index (χ2v) is 6.39. The van der Waals surface area contributed by atoms with E-state index in [0.717, 1.165) is 49.2 Å². The quantitative estimate of drug-likeness (QED) is 0.794. The van der Waals surface area contributed by atoms with Gasteiger partial charge >= 0.3 is 0 Å². The average Bonchev–Trinajstić information content (AvgIpc) is 3.05. The van der Waals surface area contributed by atoms with Gasteiger partial charge in [0.25, 0.3) is 0 Å². The van der Waals surface area contributed by atoms with E-state index in [1.807, 2.05) is 6.07 Å². The number of rotatable bonds is 6. The van der Waals surface area contributed by atoms with Crippen molar-refractivity contribution in [3.05, 3.63) is 35.4 Å². The van der Waals surface area contributed by atoms with Gasteiger partial charge in [-0.25, -0.2) is 9.37 Å². The van der Waals surface area contributed by atoms with E-state index in [0.29, 0.717) is 6.61 Å². The van der Waals surface area contributed by atoms with Gasteiger partial charge in [0, 0.05) is 51.4 Å². The Morgan fingerprint density at radius 2 is 2.00 bits per heavy atom. The van der Waals surface area contributed by atoms with Crippen molar-refractivity contribution < 1.29 is 13.9 Å². The first-order chi connectivity index (χ1) is 11.7. The Morgan fingerprint density at radius 3 is 2.67 bits per heavy atom. The summed E-state index contributed by atoms with van der Waals surface area (Å²) in [5.41, 5.74) is 0.958. The van der Waals surface area contributed by atoms with Crippen LogP contribution in [0.25, 0.3) is 0 Å². The SMILES string of the molecule is COCc1nsc(N2CCN(Cc3ccc(OC)c(F)c3)CC2)n1. The van der Waals surface area contributed by atoms with Gasteiger partial charge in [-0.3, -0.25) is 4.90 Å². The molecule has 0 saturated carbocycles. The molecule has 8 heteroatoms. The van der Waals surface area contributed by atoms with Gasteiger partial charge in [-0.2, -0.15) is 4.37 Å². The molecule has 0 unspecified atom stereocenters. The Kier molecular flexibility index (Phi) is 5.60. The zero-order valence-corrected chi connectivity index (χ0v) is 14.7. The maximum Gasteiger partial charge on any atom is 0.205 e. The van der Waals surface area contributed by atoms with Crippen LogP contribution >= 0.6 is 11.5 Å². The van der Waals surface area contributed by atoms with Gasteiger partial charge in [0.05, 0.1) is 7.11 Å². The highest BCUT2D eigenvalue weighted by molar-refractivity contribution is 7.09. The van der Waals surface area contributed by atoms with Crippen LogP contribution in [0, 0.1) is 5.82 Å². The Morgan fingerprint density at radius 1 is 1.21 bits per heavy atom. The van der Waals surface area contributed by atoms with Crippen molar-refractivity contribution in [2.75, 3.05) is 45.3 Å². The highest BCUT2D eigenvalue weighted by Gasteiger charge is 2.20. The van der Waals surface area contributed by atoms with Gasteiger partial charge in [-0.1, -0.05) is 6.07 Å². The largest absolute Gasteiger partial charge is 0.494 e. The van der Waals surface area contributed by atoms with Gasteiger partial charge < -0.3 is 14.4 Å². The maximum absolute atomic E-state index is 13.8. The molecule has 0 amide bonds. The summed E-state index contributed by atoms with van der Waals surface area (Å²) in [5.74, 6) is 0.702. The van der Waals surface area contributed by atoms with Crippen LogP contribution in [0.2, 0.25) is 0 Å². The zero-order chi connectivity index (χ0) is 16.9. The highest BCUT2D eigenvalue weighted by atomic mass is 32.1. The van der Waals surface area contributed by atoms with Crippen molar-refractivity contribution in [1.82, 2.24) is 14.3 Å². The van der Waals surface area contributed by atoms with E-state index in [4.69, 9.17) is 9.47 Å². The van der Waals surface area contributed by atoms with E-state index in [-0.39, 0.29) is 11.6 Å². The number of aromatic nitrogens is 2. The third kappa shape index (κ3) is 4.00. The number of piperazine rings is 1. The third-order valence-electron chi connectivity index (χ3n) is 4.00. The lowest BCUT2D eigenvalue weighted by atomic mass is 10.2. The molecule has 1 fully saturated rings. The van der Waals surface area contributed by atoms with E-state index in [1.54, 1.807) is 19.2 Å². The molecule has 0 radical (unpaired) electrons. The molecule has 130 valence electrons. The molecule has 2 heterocycles. The molecule has 24 heavy (non-hydrogen) atoms. The summed E-state index contributed by atoms with van der Waals surface area (Å²) in [5, 5.41) is 0.942. The fraction of sp³-hybridized carbons (Fsp3) is 0.500. The molecule has 0 atom stereocenters. The van der Waals surface area contributed by atoms with E-state index in [9.17, 15) is 4.39 Å². The molecule has 0 aliphatic carbocycles. The number of ether oxygens (including phenoxy) is 2. The number of benzene rings is 1. The molecule has 0 bridgehead atoms. The minimum absolute atomic E-state index is 0.284. The number of anilines is 1. The molecule has 1 aromatic heterocycles. The predicted molar refractivity (Wildman–Crippen MR) is 91.1 cm³/mol. The molecule has 1 aliphatic heterocycles. The molecule has 2 aromatic rings. The molecular formula is C16H21FN4O2S. The van der Waals surface area contributed by atoms with Crippen molar-refractivity contribution in [1.29, 1.82) is 0 Å². The van der Waals surface area contributed by atoms with E-state index in [1.165, 1.54) is 18.6 Å². The second kappa shape index (κ2) is 7.87. The predicted octanol–water partition coefficient (Wildman–Crippen LogP) is 2.15. The highest BCUT2D eigenvalue weighted by Crippen LogP contribution is 2.22. The zero-order valence-electron chi connectivity index (χ0n) is 13.9. The number of halogens is 1. The topological polar surface area (TPSA) is 50.7 Å². The summed E-state index contributed by atoms with van der Waals surface area (Å²) in [6.07, 6.45) is 0. The summed E-state index contributed by atoms with van der Waals surface area (Å²) in [4.78, 5) is 9.04. The number of nitrogens with zero attached hydrogens (tertiary/aromatic N) is 4. The molecule has 3 rings (SSSR count). The second-order valence-electron chi connectivity index (χ2n) is 5.66. The van der Waals surface area contributed by atoms with Crippen LogP contribution in [0.15, 0.2) is 18.2 Å². The van der Waals surface area contributed by atoms with Gasteiger partial charge in [-0.05, 0) is 17.7 Å². The summed E-state index contributed by atoms with van der Waals surface area (Å²) in [6.45, 7) is 4.78. The Hall–Kier alpha value is -1.77. The van der Waals surface area contributed by atoms with Crippen LogP contribution in [0.4, 0.5) is 9.52 Å². The molecule has 0 spiro atoms. The number of methoxy groups -OCH3 is 2. The summed E-state index contributed by atoms with van der Waals surface area (Å²) in [7, 11) is 3.12. The summed E-state index contributed by atoms with van der Waals surface area (Å²) >= 11 is 1.41. The first kappa shape index (κ1) is 17.1. The van der Waals surface area contributed by atoms with Crippen LogP contribution < -0.4 is 9.64 Å². The molecule has 1 aliphatic rings.